The second-order valence-electron chi connectivity index (χ2n) is 4.15. The first-order valence-electron chi connectivity index (χ1n) is 5.76. The summed E-state index contributed by atoms with van der Waals surface area (Å²) in [5, 5.41) is 18.3. The van der Waals surface area contributed by atoms with Crippen molar-refractivity contribution in [2.45, 2.75) is 10.9 Å². The van der Waals surface area contributed by atoms with E-state index < -0.39 is 11.2 Å². The molecule has 4 heterocycles. The molecule has 0 bridgehead atoms. The molecule has 1 N–H and O–H groups in total. The molecule has 10 nitrogen and oxygen atoms in total. The molecule has 0 aliphatic carbocycles. The first kappa shape index (κ1) is 12.6. The minimum atomic E-state index is -1.15. The molecule has 4 aromatic rings. The predicted molar refractivity (Wildman–Crippen MR) is 74.1 cm³/mol. The summed E-state index contributed by atoms with van der Waals surface area (Å²) < 4.78 is 13.7. The third-order valence-corrected chi connectivity index (χ3v) is 5.00. The highest BCUT2D eigenvalue weighted by Crippen LogP contribution is 2.21. The van der Waals surface area contributed by atoms with Gasteiger partial charge in [-0.1, -0.05) is 5.21 Å². The van der Waals surface area contributed by atoms with Crippen LogP contribution in [0, 0.1) is 0 Å². The Bertz CT molecular complexity index is 926. The Labute approximate surface area is 123 Å². The Hall–Kier alpha value is -2.18. The van der Waals surface area contributed by atoms with Gasteiger partial charge in [0, 0.05) is 11.2 Å². The van der Waals surface area contributed by atoms with Crippen LogP contribution in [0.4, 0.5) is 0 Å². The van der Waals surface area contributed by atoms with Gasteiger partial charge in [0.1, 0.15) is 6.26 Å². The number of hydrogen-bond donors (Lipinski definition) is 1. The van der Waals surface area contributed by atoms with Gasteiger partial charge in [0.05, 0.1) is 12.9 Å². The maximum Gasteiger partial charge on any atom is 0.305 e. The fraction of sp³-hybridized carbons (Fsp3) is 0.222. The third kappa shape index (κ3) is 2.12. The Morgan fingerprint density at radius 3 is 3.10 bits per heavy atom. The van der Waals surface area contributed by atoms with Crippen molar-refractivity contribution < 1.29 is 4.55 Å². The van der Waals surface area contributed by atoms with Crippen molar-refractivity contribution in [2.24, 2.45) is 0 Å². The Balaban J connectivity index is 1.72. The van der Waals surface area contributed by atoms with Crippen molar-refractivity contribution in [3.05, 3.63) is 12.2 Å². The number of thiazole rings is 1. The number of nitrogens with one attached hydrogen (secondary N) is 1. The number of fused-ring (bicyclic) bond motifs is 2. The van der Waals surface area contributed by atoms with Crippen molar-refractivity contribution >= 4 is 44.3 Å². The number of nitrogens with zero attached hydrogens (tertiary/aromatic N) is 8. The molecule has 4 rings (SSSR count). The minimum Gasteiger partial charge on any atom is -0.610 e. The van der Waals surface area contributed by atoms with Crippen LogP contribution in [0.3, 0.4) is 0 Å². The van der Waals surface area contributed by atoms with Crippen LogP contribution in [0.1, 0.15) is 5.82 Å². The van der Waals surface area contributed by atoms with Crippen LogP contribution in [-0.4, -0.2) is 55.9 Å². The van der Waals surface area contributed by atoms with Gasteiger partial charge < -0.3 is 9.12 Å². The van der Waals surface area contributed by atoms with E-state index in [1.54, 1.807) is 17.2 Å². The fourth-order valence-electron chi connectivity index (χ4n) is 1.81. The highest BCUT2D eigenvalue weighted by molar-refractivity contribution is 7.92. The first-order chi connectivity index (χ1) is 10.2. The van der Waals surface area contributed by atoms with Gasteiger partial charge >= 0.3 is 4.34 Å². The molecule has 21 heavy (non-hydrogen) atoms. The summed E-state index contributed by atoms with van der Waals surface area (Å²) in [5.74, 6) is 0.502. The summed E-state index contributed by atoms with van der Waals surface area (Å²) in [4.78, 5) is 13.2. The van der Waals surface area contributed by atoms with Gasteiger partial charge in [-0.25, -0.2) is 15.1 Å². The van der Waals surface area contributed by atoms with Crippen LogP contribution in [0.5, 0.6) is 0 Å². The maximum atomic E-state index is 11.4. The zero-order valence-corrected chi connectivity index (χ0v) is 12.2. The van der Waals surface area contributed by atoms with E-state index in [0.717, 1.165) is 0 Å². The summed E-state index contributed by atoms with van der Waals surface area (Å²) in [6, 6.07) is 0. The lowest BCUT2D eigenvalue weighted by Gasteiger charge is -1.99. The normalized spacial score (nSPS) is 13.2. The molecule has 0 spiro atoms. The van der Waals surface area contributed by atoms with Gasteiger partial charge in [-0.2, -0.15) is 4.98 Å². The summed E-state index contributed by atoms with van der Waals surface area (Å²) in [6.45, 7) is 0.369. The molecule has 0 saturated heterocycles. The van der Waals surface area contributed by atoms with Crippen molar-refractivity contribution in [3.8, 4) is 0 Å². The molecule has 0 aromatic carbocycles. The summed E-state index contributed by atoms with van der Waals surface area (Å²) in [5.41, 5.74) is 1.63. The molecular weight excluding hydrogens is 314 g/mol. The topological polar surface area (TPSA) is 134 Å². The molecule has 106 valence electrons. The van der Waals surface area contributed by atoms with Crippen LogP contribution < -0.4 is 0 Å². The van der Waals surface area contributed by atoms with Crippen LogP contribution in [0.15, 0.2) is 10.7 Å². The van der Waals surface area contributed by atoms with Crippen LogP contribution in [0.25, 0.3) is 21.8 Å². The van der Waals surface area contributed by atoms with Crippen LogP contribution in [0.2, 0.25) is 0 Å². The highest BCUT2D eigenvalue weighted by atomic mass is 32.2. The van der Waals surface area contributed by atoms with E-state index in [2.05, 4.69) is 40.6 Å². The van der Waals surface area contributed by atoms with Crippen molar-refractivity contribution in [1.82, 2.24) is 45.1 Å². The van der Waals surface area contributed by atoms with E-state index in [4.69, 9.17) is 0 Å². The number of imidazole rings is 1. The van der Waals surface area contributed by atoms with Gasteiger partial charge in [-0.3, -0.25) is 0 Å². The minimum absolute atomic E-state index is 0.369. The van der Waals surface area contributed by atoms with E-state index >= 15 is 0 Å². The molecular formula is C9H7N9OS2. The van der Waals surface area contributed by atoms with Crippen LogP contribution >= 0.6 is 11.3 Å². The third-order valence-electron chi connectivity index (χ3n) is 2.73. The van der Waals surface area contributed by atoms with E-state index in [9.17, 15) is 4.55 Å². The number of rotatable bonds is 3. The second-order valence-corrected chi connectivity index (χ2v) is 6.68. The predicted octanol–water partition coefficient (Wildman–Crippen LogP) is -0.265. The zero-order chi connectivity index (χ0) is 14.4. The lowest BCUT2D eigenvalue weighted by molar-refractivity contribution is 0.600. The Morgan fingerprint density at radius 1 is 1.33 bits per heavy atom. The monoisotopic (exact) mass is 321 g/mol. The van der Waals surface area contributed by atoms with E-state index in [1.807, 2.05) is 0 Å². The standard InChI is InChI=1S/C9H7N9OS2/c1-21(19)9-12-6-8(20-9)11-4(13-14-6)2-18-3-10-5-7(18)16-17-15-5/h3H,2H2,1H3,(H,15,16,17). The quantitative estimate of drug-likeness (QED) is 0.510. The van der Waals surface area contributed by atoms with Gasteiger partial charge in [-0.05, 0) is 11.3 Å². The molecule has 0 aliphatic heterocycles. The molecule has 0 fully saturated rings. The van der Waals surface area contributed by atoms with E-state index in [-0.39, 0.29) is 0 Å². The lowest BCUT2D eigenvalue weighted by Crippen LogP contribution is -2.05. The van der Waals surface area contributed by atoms with Gasteiger partial charge in [0.25, 0.3) is 0 Å². The number of H-pyrrole nitrogens is 1. The van der Waals surface area contributed by atoms with Gasteiger partial charge in [-0.15, -0.1) is 15.3 Å². The smallest absolute Gasteiger partial charge is 0.305 e. The fourth-order valence-corrected chi connectivity index (χ4v) is 3.35. The molecule has 12 heteroatoms. The maximum absolute atomic E-state index is 11.4. The molecule has 1 atom stereocenters. The SMILES string of the molecule is C[S+]([O-])c1nc2nnc(Cn3cnc4[nH]nnc43)nc2s1. The van der Waals surface area contributed by atoms with Crippen molar-refractivity contribution in [2.75, 3.05) is 6.26 Å². The highest BCUT2D eigenvalue weighted by Gasteiger charge is 2.16. The molecule has 1 unspecified atom stereocenters. The zero-order valence-electron chi connectivity index (χ0n) is 10.6. The average molecular weight is 321 g/mol. The molecule has 0 amide bonds. The van der Waals surface area contributed by atoms with Crippen molar-refractivity contribution in [1.29, 1.82) is 0 Å². The molecule has 0 saturated carbocycles. The lowest BCUT2D eigenvalue weighted by atomic mass is 10.5. The molecule has 0 aliphatic rings. The van der Waals surface area contributed by atoms with E-state index in [1.165, 1.54) is 11.3 Å². The molecule has 4 aromatic heterocycles. The summed E-state index contributed by atoms with van der Waals surface area (Å²) >= 11 is 0.103. The van der Waals surface area contributed by atoms with Crippen molar-refractivity contribution in [3.63, 3.8) is 0 Å². The summed E-state index contributed by atoms with van der Waals surface area (Å²) in [6.07, 6.45) is 3.20. The number of aromatic nitrogens is 9. The van der Waals surface area contributed by atoms with Crippen LogP contribution in [-0.2, 0) is 17.7 Å². The second kappa shape index (κ2) is 4.68. The van der Waals surface area contributed by atoms with Gasteiger partial charge in [0.15, 0.2) is 16.3 Å². The summed E-state index contributed by atoms with van der Waals surface area (Å²) in [7, 11) is 0. The Morgan fingerprint density at radius 2 is 2.24 bits per heavy atom. The number of hydrogen-bond acceptors (Lipinski definition) is 9. The largest absolute Gasteiger partial charge is 0.610 e. The average Bonchev–Trinajstić information content (AvgIpc) is 3.14. The van der Waals surface area contributed by atoms with Gasteiger partial charge in [0.2, 0.25) is 11.3 Å². The number of aromatic amines is 1. The van der Waals surface area contributed by atoms with E-state index in [0.29, 0.717) is 38.5 Å². The first-order valence-corrected chi connectivity index (χ1v) is 8.13. The Kier molecular flexibility index (Phi) is 2.80. The molecule has 0 radical (unpaired) electrons.